The number of anilines is 1. The molecule has 4 aromatic carbocycles. The topological polar surface area (TPSA) is 437 Å². The van der Waals surface area contributed by atoms with E-state index in [9.17, 15) is 71.4 Å². The van der Waals surface area contributed by atoms with Crippen molar-refractivity contribution >= 4 is 114 Å². The minimum Gasteiger partial charge on any atom is -0.744 e. The molecule has 0 saturated heterocycles. The molecule has 0 amide bonds. The van der Waals surface area contributed by atoms with E-state index in [1.165, 1.54) is 0 Å². The molecule has 0 bridgehead atoms. The van der Waals surface area contributed by atoms with Crippen molar-refractivity contribution in [2.24, 2.45) is 20.5 Å². The number of aromatic hydroxyl groups is 1. The fourth-order valence-electron chi connectivity index (χ4n) is 4.61. The Morgan fingerprint density at radius 3 is 1.72 bits per heavy atom. The van der Waals surface area contributed by atoms with Gasteiger partial charge in [0.25, 0.3) is 0 Å². The zero-order valence-electron chi connectivity index (χ0n) is 33.8. The number of hydrogen-bond donors (Lipinski definition) is 2. The van der Waals surface area contributed by atoms with E-state index in [4.69, 9.17) is 5.73 Å². The van der Waals surface area contributed by atoms with Gasteiger partial charge in [-0.15, -0.1) is 19.7 Å². The summed E-state index contributed by atoms with van der Waals surface area (Å²) in [6.07, 6.45) is 0. The van der Waals surface area contributed by atoms with Crippen LogP contribution in [0.25, 0.3) is 10.8 Å². The van der Waals surface area contributed by atoms with E-state index in [0.717, 1.165) is 42.5 Å². The van der Waals surface area contributed by atoms with E-state index in [-0.39, 0.29) is 183 Å². The van der Waals surface area contributed by atoms with Gasteiger partial charge in [-0.3, -0.25) is 18.4 Å². The van der Waals surface area contributed by atoms with E-state index < -0.39 is 133 Å². The molecule has 39 heteroatoms. The number of fused-ring (bicyclic) bond motifs is 1. The van der Waals surface area contributed by atoms with Crippen LogP contribution in [0.2, 0.25) is 0 Å². The number of azo groups is 2. The number of benzene rings is 4. The molecule has 0 fully saturated rings. The van der Waals surface area contributed by atoms with Crippen molar-refractivity contribution in [1.82, 2.24) is 0 Å². The Morgan fingerprint density at radius 1 is 0.631 bits per heavy atom. The summed E-state index contributed by atoms with van der Waals surface area (Å²) in [4.78, 5) is -3.91. The molecule has 0 saturated carbocycles. The SMILES string of the molecule is Nc1c(N=Nc2ccc(S(=O)(=O)CCOS(=O)(=O)[O-])cc2)c(S(=O)(=O)[O-])cc2cc(SOO[O-])c(N=Nc3ccc(S(=O)(=O)CCOSOO[O-])cc3S(=O)(=O)[O-])c(O)c12.[Na+].[Na+].[Na+].[Na+].[Na+]. The maximum atomic E-state index is 12.7. The smallest absolute Gasteiger partial charge is 0.744 e. The van der Waals surface area contributed by atoms with Crippen molar-refractivity contribution in [2.75, 3.05) is 30.5 Å². The molecule has 65 heavy (non-hydrogen) atoms. The number of phenolic OH excluding ortho intramolecular Hbond substituents is 1. The number of sulfone groups is 2. The maximum absolute atomic E-state index is 12.7. The molecule has 0 heterocycles. The molecule has 4 rings (SSSR count). The molecule has 3 N–H and O–H groups in total. The number of rotatable bonds is 21. The molecule has 0 aliphatic rings. The summed E-state index contributed by atoms with van der Waals surface area (Å²) in [5.74, 6) is -2.77. The van der Waals surface area contributed by atoms with Crippen LogP contribution in [0.4, 0.5) is 28.4 Å². The molecule has 4 aromatic rings. The second kappa shape index (κ2) is 29.5. The van der Waals surface area contributed by atoms with Crippen LogP contribution in [-0.2, 0) is 77.4 Å². The monoisotopic (exact) mass is 1090 g/mol. The first-order valence-corrected chi connectivity index (χ1v) is 23.8. The van der Waals surface area contributed by atoms with Gasteiger partial charge in [0.05, 0.1) is 78.0 Å². The van der Waals surface area contributed by atoms with Gasteiger partial charge in [0.1, 0.15) is 37.3 Å². The second-order valence-electron chi connectivity index (χ2n) is 10.9. The first kappa shape index (κ1) is 68.0. The van der Waals surface area contributed by atoms with Crippen LogP contribution in [0.15, 0.2) is 99.5 Å². The molecule has 0 atom stereocenters. The van der Waals surface area contributed by atoms with E-state index in [1.54, 1.807) is 0 Å². The predicted molar refractivity (Wildman–Crippen MR) is 191 cm³/mol. The van der Waals surface area contributed by atoms with Gasteiger partial charge in [0.2, 0.25) is 10.4 Å². The second-order valence-corrected chi connectivity index (χ2v) is 20.1. The number of hydrogen-bond acceptors (Lipinski definition) is 29. The standard InChI is InChI=1S/C26H25N5O22S7.5Na/c27-23-22-14(12-21(59(42,43)44)25(23)31-28-15-1-3-16(4-2-15)56(35,36)10-8-49-60(45,46)47)11-19(54-52-50-33)24(26(22)32)30-29-18-6-5-17(13-20(18)58(39,40)41)57(37,38)9-7-48-55-53-51-34;;;;;/h1-6,11-13,32-34H,7-10,27H2,(H,39,40,41)(H,42,43,44)(H,45,46,47);;;;;/q;5*+1/p-5. The maximum Gasteiger partial charge on any atom is 1.00 e. The Balaban J connectivity index is 0. The first-order chi connectivity index (χ1) is 27.9. The predicted octanol–water partition coefficient (Wildman–Crippen LogP) is -14.2. The fraction of sp³-hybridized carbons (Fsp3) is 0.154. The summed E-state index contributed by atoms with van der Waals surface area (Å²) in [6.45, 7) is -1.60. The summed E-state index contributed by atoms with van der Waals surface area (Å²) >= 11 is 0.0154. The zero-order valence-corrected chi connectivity index (χ0v) is 49.5. The van der Waals surface area contributed by atoms with Crippen molar-refractivity contribution in [3.63, 3.8) is 0 Å². The summed E-state index contributed by atoms with van der Waals surface area (Å²) < 4.78 is 172. The molecular formula is C26H20N5Na5O22S7. The van der Waals surface area contributed by atoms with E-state index in [0.29, 0.717) is 12.1 Å². The molecule has 328 valence electrons. The minimum absolute atomic E-state index is 0. The first-order valence-electron chi connectivity index (χ1n) is 14.9. The van der Waals surface area contributed by atoms with Crippen LogP contribution in [0.1, 0.15) is 0 Å². The zero-order chi connectivity index (χ0) is 44.7. The largest absolute Gasteiger partial charge is 1.00 e. The quantitative estimate of drug-likeness (QED) is 0.00900. The van der Waals surface area contributed by atoms with Gasteiger partial charge in [0, 0.05) is 0 Å². The van der Waals surface area contributed by atoms with Crippen molar-refractivity contribution in [3.05, 3.63) is 54.6 Å². The Bertz CT molecular complexity index is 2900. The summed E-state index contributed by atoms with van der Waals surface area (Å²) in [5.41, 5.74) is 2.82. The molecule has 0 aliphatic carbocycles. The number of nitrogens with two attached hydrogens (primary N) is 1. The summed E-state index contributed by atoms with van der Waals surface area (Å²) in [7, 11) is -24.7. The summed E-state index contributed by atoms with van der Waals surface area (Å²) in [5, 5.41) is 52.1. The van der Waals surface area contributed by atoms with Crippen molar-refractivity contribution in [1.29, 1.82) is 0 Å². The third kappa shape index (κ3) is 19.8. The van der Waals surface area contributed by atoms with Gasteiger partial charge in [-0.05, 0) is 60.0 Å². The van der Waals surface area contributed by atoms with Gasteiger partial charge >= 0.3 is 148 Å². The summed E-state index contributed by atoms with van der Waals surface area (Å²) in [6, 6.07) is 7.62. The number of nitrogens with zero attached hydrogens (tertiary/aromatic N) is 4. The molecule has 0 aliphatic heterocycles. The Hall–Kier alpha value is 0.950. The average molecular weight is 1090 g/mol. The van der Waals surface area contributed by atoms with Gasteiger partial charge in [-0.25, -0.2) is 42.1 Å². The molecule has 0 radical (unpaired) electrons. The van der Waals surface area contributed by atoms with Crippen molar-refractivity contribution in [2.45, 2.75) is 24.5 Å². The van der Waals surface area contributed by atoms with Crippen LogP contribution in [-0.4, -0.2) is 85.6 Å². The van der Waals surface area contributed by atoms with Crippen molar-refractivity contribution in [3.8, 4) is 5.75 Å². The third-order valence-electron chi connectivity index (χ3n) is 7.13. The van der Waals surface area contributed by atoms with Crippen LogP contribution in [0.5, 0.6) is 5.75 Å². The number of nitrogen functional groups attached to an aromatic ring is 1. The molecule has 27 nitrogen and oxygen atoms in total. The van der Waals surface area contributed by atoms with Gasteiger partial charge < -0.3 is 35.0 Å². The van der Waals surface area contributed by atoms with E-state index in [1.807, 2.05) is 0 Å². The molecular weight excluding hydrogens is 1070 g/mol. The van der Waals surface area contributed by atoms with Crippen LogP contribution in [0, 0.1) is 0 Å². The van der Waals surface area contributed by atoms with Crippen LogP contribution >= 0.6 is 24.4 Å². The van der Waals surface area contributed by atoms with E-state index in [2.05, 4.69) is 47.6 Å². The van der Waals surface area contributed by atoms with Crippen LogP contribution < -0.4 is 164 Å². The Labute approximate surface area is 488 Å². The third-order valence-corrected chi connectivity index (χ3v) is 13.7. The minimum atomic E-state index is -5.52. The molecule has 0 aromatic heterocycles. The van der Waals surface area contributed by atoms with E-state index >= 15 is 0 Å². The van der Waals surface area contributed by atoms with Crippen LogP contribution in [0.3, 0.4) is 0 Å². The molecule has 0 spiro atoms. The average Bonchev–Trinajstić information content (AvgIpc) is 3.14. The number of phenols is 1. The van der Waals surface area contributed by atoms with Gasteiger partial charge in [-0.1, -0.05) is 0 Å². The molecule has 0 unspecified atom stereocenters. The Morgan fingerprint density at radius 2 is 1.17 bits per heavy atom. The normalized spacial score (nSPS) is 12.2. The van der Waals surface area contributed by atoms with Gasteiger partial charge in [-0.2, -0.15) is 9.45 Å². The van der Waals surface area contributed by atoms with Crippen molar-refractivity contribution < 1.29 is 246 Å². The fourth-order valence-corrected chi connectivity index (χ4v) is 9.38. The Kier molecular flexibility index (Phi) is 30.8. The van der Waals surface area contributed by atoms with Gasteiger partial charge in [0.15, 0.2) is 37.7 Å².